The van der Waals surface area contributed by atoms with E-state index in [1.807, 2.05) is 12.1 Å². The zero-order valence-corrected chi connectivity index (χ0v) is 16.0. The van der Waals surface area contributed by atoms with Gasteiger partial charge in [0.15, 0.2) is 12.2 Å². The van der Waals surface area contributed by atoms with Crippen LogP contribution in [0.2, 0.25) is 10.0 Å². The smallest absolute Gasteiger partial charge is 0.262 e. The first-order chi connectivity index (χ1) is 13.6. The van der Waals surface area contributed by atoms with Crippen molar-refractivity contribution in [1.29, 1.82) is 0 Å². The summed E-state index contributed by atoms with van der Waals surface area (Å²) in [5.74, 6) is 0.605. The first-order valence-corrected chi connectivity index (χ1v) is 9.18. The number of halogens is 2. The molecule has 0 saturated heterocycles. The van der Waals surface area contributed by atoms with E-state index >= 15 is 0 Å². The summed E-state index contributed by atoms with van der Waals surface area (Å²) >= 11 is 12.0. The Kier molecular flexibility index (Phi) is 5.19. The molecule has 7 heteroatoms. The summed E-state index contributed by atoms with van der Waals surface area (Å²) in [6.45, 7) is -0.161. The summed E-state index contributed by atoms with van der Waals surface area (Å²) in [5, 5.41) is 3.82. The maximum absolute atomic E-state index is 12.2. The molecule has 28 heavy (non-hydrogen) atoms. The van der Waals surface area contributed by atoms with Gasteiger partial charge in [-0.3, -0.25) is 4.79 Å². The van der Waals surface area contributed by atoms with Gasteiger partial charge >= 0.3 is 0 Å². The molecule has 5 nitrogen and oxygen atoms in total. The largest absolute Gasteiger partial charge is 0.482 e. The zero-order valence-electron chi connectivity index (χ0n) is 14.5. The van der Waals surface area contributed by atoms with E-state index in [1.54, 1.807) is 54.6 Å². The number of amides is 1. The molecule has 0 bridgehead atoms. The van der Waals surface area contributed by atoms with Gasteiger partial charge in [-0.25, -0.2) is 4.98 Å². The molecule has 1 amide bonds. The number of oxazole rings is 1. The van der Waals surface area contributed by atoms with Crippen molar-refractivity contribution < 1.29 is 13.9 Å². The molecule has 3 aromatic carbocycles. The molecule has 4 aromatic rings. The number of carbonyl (C=O) groups excluding carboxylic acids is 1. The second-order valence-corrected chi connectivity index (χ2v) is 6.82. The summed E-state index contributed by atoms with van der Waals surface area (Å²) in [7, 11) is 0. The molecule has 4 rings (SSSR count). The van der Waals surface area contributed by atoms with Crippen molar-refractivity contribution >= 4 is 45.9 Å². The van der Waals surface area contributed by atoms with Gasteiger partial charge in [0.1, 0.15) is 11.3 Å². The second-order valence-electron chi connectivity index (χ2n) is 5.98. The Morgan fingerprint density at radius 2 is 1.89 bits per heavy atom. The van der Waals surface area contributed by atoms with Crippen molar-refractivity contribution in [2.75, 3.05) is 11.9 Å². The minimum absolute atomic E-state index is 0.161. The van der Waals surface area contributed by atoms with Gasteiger partial charge in [-0.15, -0.1) is 0 Å². The lowest BCUT2D eigenvalue weighted by atomic mass is 10.2. The van der Waals surface area contributed by atoms with E-state index in [0.717, 1.165) is 5.56 Å². The second kappa shape index (κ2) is 7.92. The summed E-state index contributed by atoms with van der Waals surface area (Å²) < 4.78 is 11.2. The Hall–Kier alpha value is -3.02. The van der Waals surface area contributed by atoms with Gasteiger partial charge in [0, 0.05) is 22.3 Å². The van der Waals surface area contributed by atoms with Crippen LogP contribution in [0.15, 0.2) is 71.1 Å². The Balaban J connectivity index is 1.47. The lowest BCUT2D eigenvalue weighted by Gasteiger charge is -2.08. The third-order valence-electron chi connectivity index (χ3n) is 3.94. The standard InChI is InChI=1S/C21H14Cl2N2O3/c22-14-5-3-4-13(10-14)21-25-17-9-8-15(11-19(17)28-21)24-20(26)12-27-18-7-2-1-6-16(18)23/h1-11H,12H2,(H,24,26). The van der Waals surface area contributed by atoms with Gasteiger partial charge in [-0.1, -0.05) is 41.4 Å². The third-order valence-corrected chi connectivity index (χ3v) is 4.49. The molecule has 0 aliphatic carbocycles. The average molecular weight is 413 g/mol. The number of aromatic nitrogens is 1. The molecule has 0 atom stereocenters. The minimum atomic E-state index is -0.311. The summed E-state index contributed by atoms with van der Waals surface area (Å²) in [6.07, 6.45) is 0. The predicted octanol–water partition coefficient (Wildman–Crippen LogP) is 5.82. The molecule has 0 unspecified atom stereocenters. The molecule has 0 radical (unpaired) electrons. The fourth-order valence-corrected chi connectivity index (χ4v) is 3.03. The van der Waals surface area contributed by atoms with E-state index in [2.05, 4.69) is 10.3 Å². The molecule has 1 heterocycles. The van der Waals surface area contributed by atoms with Gasteiger partial charge in [-0.2, -0.15) is 0 Å². The molecule has 0 aliphatic rings. The van der Waals surface area contributed by atoms with Crippen molar-refractivity contribution in [3.63, 3.8) is 0 Å². The van der Waals surface area contributed by atoms with Crippen LogP contribution in [0, 0.1) is 0 Å². The number of anilines is 1. The topological polar surface area (TPSA) is 64.4 Å². The number of para-hydroxylation sites is 1. The molecule has 0 spiro atoms. The number of hydrogen-bond acceptors (Lipinski definition) is 4. The summed E-state index contributed by atoms with van der Waals surface area (Å²) in [5.41, 5.74) is 2.59. The predicted molar refractivity (Wildman–Crippen MR) is 110 cm³/mol. The highest BCUT2D eigenvalue weighted by Gasteiger charge is 2.11. The lowest BCUT2D eigenvalue weighted by molar-refractivity contribution is -0.118. The number of carbonyl (C=O) groups is 1. The number of hydrogen-bond donors (Lipinski definition) is 1. The molecule has 1 aromatic heterocycles. The molecule has 0 aliphatic heterocycles. The Morgan fingerprint density at radius 3 is 2.71 bits per heavy atom. The van der Waals surface area contributed by atoms with Gasteiger partial charge in [0.2, 0.25) is 5.89 Å². The average Bonchev–Trinajstić information content (AvgIpc) is 3.11. The van der Waals surface area contributed by atoms with Gasteiger partial charge in [-0.05, 0) is 42.5 Å². The minimum Gasteiger partial charge on any atom is -0.482 e. The Bertz CT molecular complexity index is 1160. The van der Waals surface area contributed by atoms with Crippen molar-refractivity contribution in [1.82, 2.24) is 4.98 Å². The van der Waals surface area contributed by atoms with Gasteiger partial charge < -0.3 is 14.5 Å². The first kappa shape index (κ1) is 18.3. The van der Waals surface area contributed by atoms with Crippen LogP contribution >= 0.6 is 23.2 Å². The number of nitrogens with zero attached hydrogens (tertiary/aromatic N) is 1. The molecular formula is C21H14Cl2N2O3. The highest BCUT2D eigenvalue weighted by atomic mass is 35.5. The highest BCUT2D eigenvalue weighted by Crippen LogP contribution is 2.28. The van der Waals surface area contributed by atoms with Crippen LogP contribution in [0.4, 0.5) is 5.69 Å². The van der Waals surface area contributed by atoms with E-state index in [9.17, 15) is 4.79 Å². The fraction of sp³-hybridized carbons (Fsp3) is 0.0476. The number of ether oxygens (including phenoxy) is 1. The Morgan fingerprint density at radius 1 is 1.04 bits per heavy atom. The monoisotopic (exact) mass is 412 g/mol. The van der Waals surface area contributed by atoms with Crippen LogP contribution in [-0.2, 0) is 4.79 Å². The zero-order chi connectivity index (χ0) is 19.5. The van der Waals surface area contributed by atoms with Crippen LogP contribution in [0.5, 0.6) is 5.75 Å². The van der Waals surface area contributed by atoms with Crippen molar-refractivity contribution in [2.45, 2.75) is 0 Å². The quantitative estimate of drug-likeness (QED) is 0.448. The summed E-state index contributed by atoms with van der Waals surface area (Å²) in [4.78, 5) is 16.6. The van der Waals surface area contributed by atoms with Gasteiger partial charge in [0.25, 0.3) is 5.91 Å². The fourth-order valence-electron chi connectivity index (χ4n) is 2.65. The van der Waals surface area contributed by atoms with Crippen molar-refractivity contribution in [3.05, 3.63) is 76.8 Å². The maximum atomic E-state index is 12.2. The number of nitrogens with one attached hydrogen (secondary N) is 1. The van der Waals surface area contributed by atoms with E-state index in [0.29, 0.717) is 38.5 Å². The lowest BCUT2D eigenvalue weighted by Crippen LogP contribution is -2.20. The number of fused-ring (bicyclic) bond motifs is 1. The number of benzene rings is 3. The van der Waals surface area contributed by atoms with Crippen LogP contribution in [0.25, 0.3) is 22.6 Å². The van der Waals surface area contributed by atoms with E-state index < -0.39 is 0 Å². The van der Waals surface area contributed by atoms with E-state index in [1.165, 1.54) is 0 Å². The molecular weight excluding hydrogens is 399 g/mol. The van der Waals surface area contributed by atoms with Crippen LogP contribution in [0.1, 0.15) is 0 Å². The Labute approximate surface area is 170 Å². The van der Waals surface area contributed by atoms with Crippen molar-refractivity contribution in [2.24, 2.45) is 0 Å². The van der Waals surface area contributed by atoms with Crippen LogP contribution in [0.3, 0.4) is 0 Å². The van der Waals surface area contributed by atoms with Crippen molar-refractivity contribution in [3.8, 4) is 17.2 Å². The third kappa shape index (κ3) is 4.11. The molecule has 0 fully saturated rings. The van der Waals surface area contributed by atoms with E-state index in [-0.39, 0.29) is 12.5 Å². The molecule has 1 N–H and O–H groups in total. The van der Waals surface area contributed by atoms with E-state index in [4.69, 9.17) is 32.4 Å². The summed E-state index contributed by atoms with van der Waals surface area (Å²) in [6, 6.07) is 19.5. The van der Waals surface area contributed by atoms with Crippen LogP contribution in [-0.4, -0.2) is 17.5 Å². The first-order valence-electron chi connectivity index (χ1n) is 8.42. The SMILES string of the molecule is O=C(COc1ccccc1Cl)Nc1ccc2nc(-c3cccc(Cl)c3)oc2c1. The highest BCUT2D eigenvalue weighted by molar-refractivity contribution is 6.32. The normalized spacial score (nSPS) is 10.8. The number of rotatable bonds is 5. The van der Waals surface area contributed by atoms with Crippen LogP contribution < -0.4 is 10.1 Å². The molecule has 140 valence electrons. The van der Waals surface area contributed by atoms with Gasteiger partial charge in [0.05, 0.1) is 5.02 Å². The molecule has 0 saturated carbocycles. The maximum Gasteiger partial charge on any atom is 0.262 e.